The van der Waals surface area contributed by atoms with Crippen molar-refractivity contribution in [2.75, 3.05) is 7.11 Å². The Morgan fingerprint density at radius 1 is 1.39 bits per heavy atom. The molecule has 8 heteroatoms. The van der Waals surface area contributed by atoms with Crippen molar-refractivity contribution in [1.29, 1.82) is 0 Å². The van der Waals surface area contributed by atoms with Crippen LogP contribution >= 0.6 is 22.9 Å². The number of hydrogen-bond acceptors (Lipinski definition) is 7. The van der Waals surface area contributed by atoms with E-state index in [4.69, 9.17) is 27.9 Å². The molecule has 1 heterocycles. The predicted molar refractivity (Wildman–Crippen MR) is 111 cm³/mol. The van der Waals surface area contributed by atoms with Crippen LogP contribution in [0.1, 0.15) is 40.9 Å². The van der Waals surface area contributed by atoms with Crippen LogP contribution in [0.4, 0.5) is 0 Å². The number of nitrogens with zero attached hydrogens (tertiary/aromatic N) is 1. The summed E-state index contributed by atoms with van der Waals surface area (Å²) in [4.78, 5) is 12.2. The third-order valence-corrected chi connectivity index (χ3v) is 7.23. The molecule has 2 saturated carbocycles. The summed E-state index contributed by atoms with van der Waals surface area (Å²) >= 11 is 7.59. The lowest BCUT2D eigenvalue weighted by Crippen LogP contribution is -2.42. The Hall–Kier alpha value is -1.80. The molecule has 28 heavy (non-hydrogen) atoms. The van der Waals surface area contributed by atoms with E-state index in [1.165, 1.54) is 23.5 Å². The molecule has 4 rings (SSSR count). The average molecular weight is 422 g/mol. The van der Waals surface area contributed by atoms with Gasteiger partial charge >= 0.3 is 5.97 Å². The fourth-order valence-electron chi connectivity index (χ4n) is 3.82. The summed E-state index contributed by atoms with van der Waals surface area (Å²) < 4.78 is 5.67. The van der Waals surface area contributed by atoms with Gasteiger partial charge in [0.15, 0.2) is 0 Å². The number of benzene rings is 1. The maximum Gasteiger partial charge on any atom is 0.349 e. The number of nitrogens with two attached hydrogens (primary N) is 2. The molecular formula is C20H24ClN3O3S. The van der Waals surface area contributed by atoms with Gasteiger partial charge in [0.1, 0.15) is 10.5 Å². The summed E-state index contributed by atoms with van der Waals surface area (Å²) in [5.41, 5.74) is 6.76. The van der Waals surface area contributed by atoms with Gasteiger partial charge < -0.3 is 20.6 Å². The molecule has 0 unspecified atom stereocenters. The second-order valence-electron chi connectivity index (χ2n) is 7.70. The number of rotatable bonds is 7. The third kappa shape index (κ3) is 3.48. The van der Waals surface area contributed by atoms with Crippen LogP contribution in [0.25, 0.3) is 10.1 Å². The minimum Gasteiger partial charge on any atom is -0.465 e. The topological polar surface area (TPSA) is 102 Å². The smallest absolute Gasteiger partial charge is 0.349 e. The number of ether oxygens (including phenoxy) is 1. The highest BCUT2D eigenvalue weighted by Crippen LogP contribution is 2.54. The number of hydrogen-bond donors (Lipinski definition) is 3. The molecule has 2 aromatic rings. The second-order valence-corrected chi connectivity index (χ2v) is 9.13. The van der Waals surface area contributed by atoms with E-state index in [1.807, 2.05) is 18.2 Å². The third-order valence-electron chi connectivity index (χ3n) is 5.60. The highest BCUT2D eigenvalue weighted by molar-refractivity contribution is 7.21. The Morgan fingerprint density at radius 2 is 2.04 bits per heavy atom. The number of thiophene rings is 1. The van der Waals surface area contributed by atoms with E-state index in [2.05, 4.69) is 0 Å². The lowest BCUT2D eigenvalue weighted by molar-refractivity contribution is 0.0288. The molecule has 0 bridgehead atoms. The van der Waals surface area contributed by atoms with Crippen molar-refractivity contribution in [1.82, 2.24) is 5.01 Å². The lowest BCUT2D eigenvalue weighted by atomic mass is 9.88. The molecule has 1 aromatic heterocycles. The summed E-state index contributed by atoms with van der Waals surface area (Å²) in [6.45, 7) is 0.422. The normalized spacial score (nSPS) is 17.8. The molecule has 0 aliphatic heterocycles. The molecule has 2 aliphatic carbocycles. The Bertz CT molecular complexity index is 938. The molecule has 0 radical (unpaired) electrons. The minimum atomic E-state index is -0.918. The molecule has 150 valence electrons. The van der Waals surface area contributed by atoms with Crippen LogP contribution < -0.4 is 11.6 Å². The predicted octanol–water partition coefficient (Wildman–Crippen LogP) is 3.37. The van der Waals surface area contributed by atoms with Crippen molar-refractivity contribution < 1.29 is 14.6 Å². The van der Waals surface area contributed by atoms with Gasteiger partial charge in [-0.3, -0.25) is 0 Å². The van der Waals surface area contributed by atoms with Gasteiger partial charge in [-0.1, -0.05) is 23.7 Å². The monoisotopic (exact) mass is 421 g/mol. The zero-order valence-corrected chi connectivity index (χ0v) is 17.2. The molecule has 2 fully saturated rings. The van der Waals surface area contributed by atoms with E-state index in [1.54, 1.807) is 6.20 Å². The van der Waals surface area contributed by atoms with Crippen LogP contribution in [0, 0.1) is 11.8 Å². The first kappa shape index (κ1) is 19.5. The highest BCUT2D eigenvalue weighted by Gasteiger charge is 2.55. The summed E-state index contributed by atoms with van der Waals surface area (Å²) in [5, 5.41) is 13.8. The van der Waals surface area contributed by atoms with Gasteiger partial charge in [-0.2, -0.15) is 0 Å². The summed E-state index contributed by atoms with van der Waals surface area (Å²) in [6.07, 6.45) is 5.73. The maximum absolute atomic E-state index is 11.8. The number of aliphatic hydroxyl groups is 1. The largest absolute Gasteiger partial charge is 0.465 e. The van der Waals surface area contributed by atoms with Crippen LogP contribution in [-0.2, 0) is 11.3 Å². The fourth-order valence-corrected chi connectivity index (χ4v) is 5.31. The average Bonchev–Trinajstić information content (AvgIpc) is 3.56. The van der Waals surface area contributed by atoms with E-state index < -0.39 is 11.6 Å². The van der Waals surface area contributed by atoms with E-state index in [0.29, 0.717) is 22.1 Å². The highest BCUT2D eigenvalue weighted by atomic mass is 35.5. The van der Waals surface area contributed by atoms with Crippen molar-refractivity contribution >= 4 is 39.0 Å². The number of esters is 1. The van der Waals surface area contributed by atoms with Crippen LogP contribution in [0.5, 0.6) is 0 Å². The molecule has 2 aliphatic rings. The van der Waals surface area contributed by atoms with Crippen LogP contribution in [0.3, 0.4) is 0 Å². The minimum absolute atomic E-state index is 0.256. The Kier molecular flexibility index (Phi) is 5.03. The van der Waals surface area contributed by atoms with Crippen molar-refractivity contribution in [3.8, 4) is 0 Å². The van der Waals surface area contributed by atoms with Gasteiger partial charge in [0, 0.05) is 16.3 Å². The zero-order chi connectivity index (χ0) is 20.1. The van der Waals surface area contributed by atoms with Crippen molar-refractivity contribution in [2.24, 2.45) is 23.4 Å². The van der Waals surface area contributed by atoms with E-state index in [9.17, 15) is 9.90 Å². The van der Waals surface area contributed by atoms with Crippen LogP contribution in [0.2, 0.25) is 5.02 Å². The Morgan fingerprint density at radius 3 is 2.61 bits per heavy atom. The van der Waals surface area contributed by atoms with Gasteiger partial charge in [0.05, 0.1) is 24.4 Å². The quantitative estimate of drug-likeness (QED) is 0.360. The molecule has 6 nitrogen and oxygen atoms in total. The van der Waals surface area contributed by atoms with Gasteiger partial charge in [0.2, 0.25) is 0 Å². The van der Waals surface area contributed by atoms with Crippen molar-refractivity contribution in [3.05, 3.63) is 45.6 Å². The molecule has 1 aromatic carbocycles. The van der Waals surface area contributed by atoms with E-state index >= 15 is 0 Å². The maximum atomic E-state index is 11.8. The van der Waals surface area contributed by atoms with Crippen LogP contribution in [-0.4, -0.2) is 28.8 Å². The standard InChI is InChI=1S/C20H24ClN3O3S/c1-27-19(25)18-17(21)14-7-2-11(8-15(14)28-18)9-24(23)10-16(22)20(26,12-3-4-12)13-5-6-13/h2,7-8,10,12-13,26H,3-6,9,22-23H2,1H3/b16-10-. The molecule has 5 N–H and O–H groups in total. The van der Waals surface area contributed by atoms with Gasteiger partial charge in [-0.25, -0.2) is 10.6 Å². The Labute approximate surface area is 172 Å². The van der Waals surface area contributed by atoms with E-state index in [0.717, 1.165) is 41.3 Å². The van der Waals surface area contributed by atoms with E-state index in [-0.39, 0.29) is 11.8 Å². The second kappa shape index (κ2) is 7.22. The number of carbonyl (C=O) groups is 1. The number of carbonyl (C=O) groups excluding carboxylic acids is 1. The fraction of sp³-hybridized carbons (Fsp3) is 0.450. The van der Waals surface area contributed by atoms with Crippen LogP contribution in [0.15, 0.2) is 30.1 Å². The molecule has 0 spiro atoms. The number of fused-ring (bicyclic) bond motifs is 1. The Balaban J connectivity index is 1.53. The summed E-state index contributed by atoms with van der Waals surface area (Å²) in [5.74, 6) is 6.23. The number of methoxy groups -OCH3 is 1. The first-order valence-corrected chi connectivity index (χ1v) is 10.5. The SMILES string of the molecule is COC(=O)c1sc2cc(CN(N)/C=C(\N)C(O)(C3CC3)C3CC3)ccc2c1Cl. The first-order valence-electron chi connectivity index (χ1n) is 9.35. The first-order chi connectivity index (χ1) is 13.3. The van der Waals surface area contributed by atoms with Crippen molar-refractivity contribution in [3.63, 3.8) is 0 Å². The molecular weight excluding hydrogens is 398 g/mol. The van der Waals surface area contributed by atoms with Gasteiger partial charge in [0.25, 0.3) is 0 Å². The summed E-state index contributed by atoms with van der Waals surface area (Å²) in [6, 6.07) is 5.75. The number of hydrazine groups is 1. The number of halogens is 1. The summed E-state index contributed by atoms with van der Waals surface area (Å²) in [7, 11) is 1.34. The van der Waals surface area contributed by atoms with Gasteiger partial charge in [-0.05, 0) is 49.1 Å². The zero-order valence-electron chi connectivity index (χ0n) is 15.7. The molecule has 0 atom stereocenters. The molecule has 0 amide bonds. The lowest BCUT2D eigenvalue weighted by Gasteiger charge is -2.30. The molecule has 0 saturated heterocycles. The van der Waals surface area contributed by atoms with Crippen molar-refractivity contribution in [2.45, 2.75) is 37.8 Å². The van der Waals surface area contributed by atoms with Gasteiger partial charge in [-0.15, -0.1) is 11.3 Å².